The van der Waals surface area contributed by atoms with Gasteiger partial charge in [0.1, 0.15) is 5.75 Å². The molecule has 0 radical (unpaired) electrons. The Balaban J connectivity index is 2.05. The van der Waals surface area contributed by atoms with E-state index in [9.17, 15) is 0 Å². The molecule has 2 nitrogen and oxygen atoms in total. The molecule has 1 saturated carbocycles. The summed E-state index contributed by atoms with van der Waals surface area (Å²) in [4.78, 5) is 0. The van der Waals surface area contributed by atoms with Crippen LogP contribution < -0.4 is 10.1 Å². The van der Waals surface area contributed by atoms with Crippen molar-refractivity contribution in [3.05, 3.63) is 29.8 Å². The Morgan fingerprint density at radius 1 is 1.25 bits per heavy atom. The van der Waals surface area contributed by atoms with E-state index in [1.54, 1.807) is 7.11 Å². The molecular formula is C18H29NO. The fourth-order valence-corrected chi connectivity index (χ4v) is 3.59. The first kappa shape index (κ1) is 15.4. The van der Waals surface area contributed by atoms with Crippen molar-refractivity contribution in [1.82, 2.24) is 5.32 Å². The van der Waals surface area contributed by atoms with Gasteiger partial charge in [0.05, 0.1) is 7.11 Å². The molecule has 112 valence electrons. The van der Waals surface area contributed by atoms with Gasteiger partial charge in [-0.1, -0.05) is 32.4 Å². The summed E-state index contributed by atoms with van der Waals surface area (Å²) in [6, 6.07) is 9.26. The summed E-state index contributed by atoms with van der Waals surface area (Å²) in [5, 5.41) is 3.70. The van der Waals surface area contributed by atoms with Gasteiger partial charge in [0.2, 0.25) is 0 Å². The van der Waals surface area contributed by atoms with Crippen LogP contribution in [0.25, 0.3) is 0 Å². The number of hydrogen-bond donors (Lipinski definition) is 1. The largest absolute Gasteiger partial charge is 0.497 e. The van der Waals surface area contributed by atoms with Crippen molar-refractivity contribution in [2.45, 2.75) is 52.0 Å². The standard InChI is InChI=1S/C18H29NO/c1-4-14-9-10-18(19-5-2)16(11-14)12-15-7-6-8-17(13-15)20-3/h6-8,13-14,16,18-19H,4-5,9-12H2,1-3H3. The van der Waals surface area contributed by atoms with E-state index < -0.39 is 0 Å². The summed E-state index contributed by atoms with van der Waals surface area (Å²) in [6.45, 7) is 5.63. The second-order valence-electron chi connectivity index (χ2n) is 6.07. The lowest BCUT2D eigenvalue weighted by Gasteiger charge is -2.36. The molecule has 2 heteroatoms. The summed E-state index contributed by atoms with van der Waals surface area (Å²) in [5.41, 5.74) is 1.41. The van der Waals surface area contributed by atoms with E-state index in [0.29, 0.717) is 6.04 Å². The third kappa shape index (κ3) is 3.99. The van der Waals surface area contributed by atoms with Crippen LogP contribution in [0.2, 0.25) is 0 Å². The van der Waals surface area contributed by atoms with Gasteiger partial charge in [-0.25, -0.2) is 0 Å². The highest BCUT2D eigenvalue weighted by Crippen LogP contribution is 2.33. The summed E-state index contributed by atoms with van der Waals surface area (Å²) in [6.07, 6.45) is 6.59. The van der Waals surface area contributed by atoms with Crippen molar-refractivity contribution >= 4 is 0 Å². The zero-order chi connectivity index (χ0) is 14.4. The molecule has 1 fully saturated rings. The van der Waals surface area contributed by atoms with Crippen LogP contribution in [-0.4, -0.2) is 19.7 Å². The number of rotatable bonds is 6. The van der Waals surface area contributed by atoms with Crippen LogP contribution in [0.1, 0.15) is 45.1 Å². The fourth-order valence-electron chi connectivity index (χ4n) is 3.59. The predicted octanol–water partition coefficient (Wildman–Crippen LogP) is 4.04. The van der Waals surface area contributed by atoms with Crippen LogP contribution in [0.3, 0.4) is 0 Å². The van der Waals surface area contributed by atoms with E-state index in [4.69, 9.17) is 4.74 Å². The minimum Gasteiger partial charge on any atom is -0.497 e. The average molecular weight is 275 g/mol. The van der Waals surface area contributed by atoms with Gasteiger partial charge in [0.15, 0.2) is 0 Å². The number of benzene rings is 1. The molecule has 0 amide bonds. The first-order chi connectivity index (χ1) is 9.76. The van der Waals surface area contributed by atoms with Crippen molar-refractivity contribution < 1.29 is 4.74 Å². The van der Waals surface area contributed by atoms with E-state index in [0.717, 1.165) is 24.1 Å². The lowest BCUT2D eigenvalue weighted by molar-refractivity contribution is 0.200. The predicted molar refractivity (Wildman–Crippen MR) is 85.3 cm³/mol. The van der Waals surface area contributed by atoms with Gasteiger partial charge in [0.25, 0.3) is 0 Å². The summed E-state index contributed by atoms with van der Waals surface area (Å²) in [7, 11) is 1.74. The van der Waals surface area contributed by atoms with Gasteiger partial charge in [-0.2, -0.15) is 0 Å². The van der Waals surface area contributed by atoms with Crippen LogP contribution >= 0.6 is 0 Å². The molecule has 3 unspecified atom stereocenters. The first-order valence-corrected chi connectivity index (χ1v) is 8.13. The maximum Gasteiger partial charge on any atom is 0.119 e. The Kier molecular flexibility index (Phi) is 5.90. The Bertz CT molecular complexity index is 404. The van der Waals surface area contributed by atoms with E-state index in [2.05, 4.69) is 37.4 Å². The normalized spacial score (nSPS) is 26.4. The molecule has 2 rings (SSSR count). The zero-order valence-corrected chi connectivity index (χ0v) is 13.2. The molecule has 1 aliphatic rings. The molecule has 0 aliphatic heterocycles. The highest BCUT2D eigenvalue weighted by atomic mass is 16.5. The number of nitrogens with one attached hydrogen (secondary N) is 1. The molecule has 0 spiro atoms. The third-order valence-corrected chi connectivity index (χ3v) is 4.77. The van der Waals surface area contributed by atoms with Gasteiger partial charge in [0, 0.05) is 6.04 Å². The van der Waals surface area contributed by atoms with Crippen molar-refractivity contribution in [2.75, 3.05) is 13.7 Å². The maximum atomic E-state index is 5.35. The molecular weight excluding hydrogens is 246 g/mol. The molecule has 1 aromatic rings. The molecule has 1 aromatic carbocycles. The average Bonchev–Trinajstić information content (AvgIpc) is 2.49. The van der Waals surface area contributed by atoms with E-state index >= 15 is 0 Å². The van der Waals surface area contributed by atoms with Crippen molar-refractivity contribution in [2.24, 2.45) is 11.8 Å². The van der Waals surface area contributed by atoms with Crippen LogP contribution in [0, 0.1) is 11.8 Å². The minimum absolute atomic E-state index is 0.689. The van der Waals surface area contributed by atoms with Gasteiger partial charge < -0.3 is 10.1 Å². The Hall–Kier alpha value is -1.02. The van der Waals surface area contributed by atoms with Crippen LogP contribution in [0.4, 0.5) is 0 Å². The molecule has 0 heterocycles. The zero-order valence-electron chi connectivity index (χ0n) is 13.2. The van der Waals surface area contributed by atoms with Crippen LogP contribution in [-0.2, 0) is 6.42 Å². The summed E-state index contributed by atoms with van der Waals surface area (Å²) in [5.74, 6) is 2.66. The highest BCUT2D eigenvalue weighted by molar-refractivity contribution is 5.28. The van der Waals surface area contributed by atoms with E-state index in [-0.39, 0.29) is 0 Å². The Morgan fingerprint density at radius 2 is 2.10 bits per heavy atom. The first-order valence-electron chi connectivity index (χ1n) is 8.13. The SMILES string of the molecule is CCNC1CCC(CC)CC1Cc1cccc(OC)c1. The lowest BCUT2D eigenvalue weighted by Crippen LogP contribution is -2.41. The van der Waals surface area contributed by atoms with Gasteiger partial charge in [-0.3, -0.25) is 0 Å². The number of ether oxygens (including phenoxy) is 1. The molecule has 0 aromatic heterocycles. The van der Waals surface area contributed by atoms with E-state index in [1.807, 2.05) is 6.07 Å². The molecule has 1 N–H and O–H groups in total. The number of methoxy groups -OCH3 is 1. The summed E-state index contributed by atoms with van der Waals surface area (Å²) >= 11 is 0. The minimum atomic E-state index is 0.689. The smallest absolute Gasteiger partial charge is 0.119 e. The highest BCUT2D eigenvalue weighted by Gasteiger charge is 2.29. The monoisotopic (exact) mass is 275 g/mol. The van der Waals surface area contributed by atoms with Crippen molar-refractivity contribution in [3.63, 3.8) is 0 Å². The van der Waals surface area contributed by atoms with E-state index in [1.165, 1.54) is 37.7 Å². The third-order valence-electron chi connectivity index (χ3n) is 4.77. The molecule has 0 saturated heterocycles. The second-order valence-corrected chi connectivity index (χ2v) is 6.07. The van der Waals surface area contributed by atoms with Crippen molar-refractivity contribution in [1.29, 1.82) is 0 Å². The molecule has 1 aliphatic carbocycles. The fraction of sp³-hybridized carbons (Fsp3) is 0.667. The molecule has 0 bridgehead atoms. The van der Waals surface area contributed by atoms with Gasteiger partial charge in [-0.15, -0.1) is 0 Å². The number of hydrogen-bond acceptors (Lipinski definition) is 2. The van der Waals surface area contributed by atoms with Gasteiger partial charge in [-0.05, 0) is 61.8 Å². The lowest BCUT2D eigenvalue weighted by atomic mass is 9.74. The quantitative estimate of drug-likeness (QED) is 0.846. The van der Waals surface area contributed by atoms with Gasteiger partial charge >= 0.3 is 0 Å². The Labute approximate surface area is 123 Å². The van der Waals surface area contributed by atoms with Crippen molar-refractivity contribution in [3.8, 4) is 5.75 Å². The van der Waals surface area contributed by atoms with Crippen LogP contribution in [0.15, 0.2) is 24.3 Å². The second kappa shape index (κ2) is 7.68. The molecule has 20 heavy (non-hydrogen) atoms. The topological polar surface area (TPSA) is 21.3 Å². The maximum absolute atomic E-state index is 5.35. The summed E-state index contributed by atoms with van der Waals surface area (Å²) < 4.78 is 5.35. The Morgan fingerprint density at radius 3 is 2.80 bits per heavy atom. The van der Waals surface area contributed by atoms with Crippen LogP contribution in [0.5, 0.6) is 5.75 Å². The molecule has 3 atom stereocenters.